The molecule has 0 spiro atoms. The van der Waals surface area contributed by atoms with E-state index >= 15 is 0 Å². The summed E-state index contributed by atoms with van der Waals surface area (Å²) in [5.74, 6) is -0.412. The zero-order chi connectivity index (χ0) is 44.7. The summed E-state index contributed by atoms with van der Waals surface area (Å²) in [5.41, 5.74) is 0. The molecule has 0 radical (unpaired) electrons. The summed E-state index contributed by atoms with van der Waals surface area (Å²) in [4.78, 5) is 12.9. The predicted molar refractivity (Wildman–Crippen MR) is 243 cm³/mol. The van der Waals surface area contributed by atoms with Gasteiger partial charge in [0.25, 0.3) is 0 Å². The van der Waals surface area contributed by atoms with Crippen LogP contribution in [0.4, 0.5) is 0 Å². The van der Waals surface area contributed by atoms with E-state index in [9.17, 15) is 28.5 Å². The second-order valence-corrected chi connectivity index (χ2v) is 17.4. The van der Waals surface area contributed by atoms with Gasteiger partial charge in [-0.1, -0.05) is 178 Å². The smallest absolute Gasteiger partial charge is 0.397 e. The van der Waals surface area contributed by atoms with Gasteiger partial charge in [0.1, 0.15) is 30.5 Å². The maximum atomic E-state index is 12.9. The number of esters is 1. The van der Waals surface area contributed by atoms with Crippen LogP contribution < -0.4 is 0 Å². The van der Waals surface area contributed by atoms with Crippen LogP contribution in [0.3, 0.4) is 0 Å². The molecular formula is C48H86O12S. The molecule has 1 heterocycles. The normalized spacial score (nSPS) is 20.5. The van der Waals surface area contributed by atoms with Crippen molar-refractivity contribution in [3.63, 3.8) is 0 Å². The maximum Gasteiger partial charge on any atom is 0.397 e. The Hall–Kier alpha value is -1.94. The number of aliphatic hydroxyl groups excluding tert-OH is 3. The van der Waals surface area contributed by atoms with Crippen LogP contribution in [0.15, 0.2) is 48.6 Å². The first kappa shape index (κ1) is 57.1. The second-order valence-electron chi connectivity index (χ2n) is 16.3. The van der Waals surface area contributed by atoms with Crippen LogP contribution in [-0.2, 0) is 38.3 Å². The lowest BCUT2D eigenvalue weighted by atomic mass is 9.99. The summed E-state index contributed by atoms with van der Waals surface area (Å²) in [6.45, 7) is 3.87. The zero-order valence-corrected chi connectivity index (χ0v) is 38.8. The van der Waals surface area contributed by atoms with E-state index in [0.717, 1.165) is 83.5 Å². The van der Waals surface area contributed by atoms with Crippen LogP contribution >= 0.6 is 0 Å². The van der Waals surface area contributed by atoms with Gasteiger partial charge in [0, 0.05) is 13.0 Å². The molecule has 4 N–H and O–H groups in total. The van der Waals surface area contributed by atoms with Gasteiger partial charge in [0.05, 0.1) is 19.8 Å². The molecule has 1 aliphatic heterocycles. The molecule has 0 aromatic rings. The van der Waals surface area contributed by atoms with Crippen LogP contribution in [0.5, 0.6) is 0 Å². The van der Waals surface area contributed by atoms with Gasteiger partial charge in [-0.05, 0) is 51.4 Å². The number of carbonyl (C=O) groups is 1. The number of aliphatic hydroxyl groups is 3. The fraction of sp³-hybridized carbons (Fsp3) is 0.812. The van der Waals surface area contributed by atoms with Crippen LogP contribution in [0.1, 0.15) is 187 Å². The molecule has 13 heteroatoms. The fourth-order valence-corrected chi connectivity index (χ4v) is 7.64. The van der Waals surface area contributed by atoms with Crippen molar-refractivity contribution >= 4 is 16.4 Å². The van der Waals surface area contributed by atoms with E-state index in [2.05, 4.69) is 66.6 Å². The Bertz CT molecular complexity index is 1250. The van der Waals surface area contributed by atoms with Crippen molar-refractivity contribution in [2.24, 2.45) is 0 Å². The highest BCUT2D eigenvalue weighted by Gasteiger charge is 2.48. The van der Waals surface area contributed by atoms with Gasteiger partial charge in [0.15, 0.2) is 6.29 Å². The van der Waals surface area contributed by atoms with E-state index in [4.69, 9.17) is 23.5 Å². The largest absolute Gasteiger partial charge is 0.457 e. The number of hydrogen-bond donors (Lipinski definition) is 4. The molecule has 1 fully saturated rings. The van der Waals surface area contributed by atoms with Crippen LogP contribution in [0.25, 0.3) is 0 Å². The van der Waals surface area contributed by atoms with E-state index in [-0.39, 0.29) is 19.6 Å². The van der Waals surface area contributed by atoms with Crippen molar-refractivity contribution < 1.29 is 56.2 Å². The third-order valence-corrected chi connectivity index (χ3v) is 11.2. The lowest BCUT2D eigenvalue weighted by Gasteiger charge is -2.41. The SMILES string of the molecule is CC/C=C\C/C=C\C/C=C\C/C=C\CCCCCCCCC(=O)OC(COCCCCCCCCCCCCCCCCC)COC1OC(CO)C(O)C(OS(=O)(=O)O)C1O. The van der Waals surface area contributed by atoms with Gasteiger partial charge < -0.3 is 34.3 Å². The van der Waals surface area contributed by atoms with Crippen LogP contribution in [0.2, 0.25) is 0 Å². The monoisotopic (exact) mass is 887 g/mol. The third-order valence-electron chi connectivity index (χ3n) is 10.7. The average molecular weight is 887 g/mol. The van der Waals surface area contributed by atoms with Gasteiger partial charge in [-0.15, -0.1) is 0 Å². The molecule has 0 amide bonds. The molecule has 0 aliphatic carbocycles. The van der Waals surface area contributed by atoms with Gasteiger partial charge in [-0.25, -0.2) is 4.18 Å². The first-order valence-corrected chi connectivity index (χ1v) is 25.3. The highest BCUT2D eigenvalue weighted by Crippen LogP contribution is 2.26. The highest BCUT2D eigenvalue weighted by molar-refractivity contribution is 7.80. The van der Waals surface area contributed by atoms with E-state index in [1.165, 1.54) is 77.0 Å². The Morgan fingerprint density at radius 3 is 1.66 bits per heavy atom. The number of hydrogen-bond acceptors (Lipinski definition) is 11. The minimum Gasteiger partial charge on any atom is -0.457 e. The number of unbranched alkanes of at least 4 members (excludes halogenated alkanes) is 20. The summed E-state index contributed by atoms with van der Waals surface area (Å²) < 4.78 is 59.1. The quantitative estimate of drug-likeness (QED) is 0.0198. The summed E-state index contributed by atoms with van der Waals surface area (Å²) in [6.07, 6.45) is 38.5. The second kappa shape index (κ2) is 39.6. The van der Waals surface area contributed by atoms with E-state index < -0.39 is 59.8 Å². The molecule has 12 nitrogen and oxygen atoms in total. The molecule has 1 rings (SSSR count). The van der Waals surface area contributed by atoms with Crippen molar-refractivity contribution in [1.29, 1.82) is 0 Å². The Morgan fingerprint density at radius 2 is 1.13 bits per heavy atom. The summed E-state index contributed by atoms with van der Waals surface area (Å²) >= 11 is 0. The number of ether oxygens (including phenoxy) is 4. The summed E-state index contributed by atoms with van der Waals surface area (Å²) in [6, 6.07) is 0. The Balaban J connectivity index is 2.41. The third kappa shape index (κ3) is 33.3. The number of allylic oxidation sites excluding steroid dienone is 8. The van der Waals surface area contributed by atoms with Gasteiger partial charge in [-0.2, -0.15) is 8.42 Å². The maximum absolute atomic E-state index is 12.9. The lowest BCUT2D eigenvalue weighted by Crippen LogP contribution is -2.60. The van der Waals surface area contributed by atoms with Gasteiger partial charge >= 0.3 is 16.4 Å². The minimum atomic E-state index is -5.06. The average Bonchev–Trinajstić information content (AvgIpc) is 3.23. The Kier molecular flexibility index (Phi) is 37.1. The standard InChI is InChI=1S/C48H86O12S/c1-3-5-7-9-11-13-15-17-19-20-21-22-23-25-27-29-31-33-35-37-44(50)58-42(41-57-48-46(52)47(60-61(53,54)55)45(51)43(39-49)59-48)40-56-38-36-34-32-30-28-26-24-18-16-14-12-10-8-6-4-2/h5,7,11,13,17,19,21-22,42-43,45-49,51-52H,3-4,6,8-10,12,14-16,18,20,23-41H2,1-2H3,(H,53,54,55)/b7-5-,13-11-,19-17-,22-21-. The van der Waals surface area contributed by atoms with Crippen molar-refractivity contribution in [3.8, 4) is 0 Å². The molecule has 356 valence electrons. The highest BCUT2D eigenvalue weighted by atomic mass is 32.3. The molecule has 61 heavy (non-hydrogen) atoms. The number of rotatable bonds is 41. The predicted octanol–water partition coefficient (Wildman–Crippen LogP) is 10.4. The van der Waals surface area contributed by atoms with Crippen molar-refractivity contribution in [3.05, 3.63) is 48.6 Å². The van der Waals surface area contributed by atoms with Crippen LogP contribution in [0, 0.1) is 0 Å². The Morgan fingerprint density at radius 1 is 0.639 bits per heavy atom. The molecule has 0 bridgehead atoms. The topological polar surface area (TPSA) is 178 Å². The molecule has 0 saturated carbocycles. The Labute approximate surface area is 370 Å². The van der Waals surface area contributed by atoms with E-state index in [1.807, 2.05) is 0 Å². The molecule has 0 aromatic heterocycles. The first-order chi connectivity index (χ1) is 29.6. The first-order valence-electron chi connectivity index (χ1n) is 23.9. The van der Waals surface area contributed by atoms with E-state index in [1.54, 1.807) is 0 Å². The van der Waals surface area contributed by atoms with Gasteiger partial charge in [0.2, 0.25) is 0 Å². The molecular weight excluding hydrogens is 801 g/mol. The van der Waals surface area contributed by atoms with Crippen molar-refractivity contribution in [2.45, 2.75) is 224 Å². The molecule has 6 atom stereocenters. The van der Waals surface area contributed by atoms with Crippen molar-refractivity contribution in [1.82, 2.24) is 0 Å². The van der Waals surface area contributed by atoms with Crippen molar-refractivity contribution in [2.75, 3.05) is 26.4 Å². The van der Waals surface area contributed by atoms with E-state index in [0.29, 0.717) is 13.0 Å². The summed E-state index contributed by atoms with van der Waals surface area (Å²) in [7, 11) is -5.06. The molecule has 0 aromatic carbocycles. The molecule has 1 saturated heterocycles. The summed E-state index contributed by atoms with van der Waals surface area (Å²) in [5, 5.41) is 30.7. The zero-order valence-electron chi connectivity index (χ0n) is 38.0. The lowest BCUT2D eigenvalue weighted by molar-refractivity contribution is -0.301. The minimum absolute atomic E-state index is 0.0312. The molecule has 6 unspecified atom stereocenters. The van der Waals surface area contributed by atoms with Crippen LogP contribution in [-0.4, -0.2) is 97.5 Å². The fourth-order valence-electron chi connectivity index (χ4n) is 7.13. The van der Waals surface area contributed by atoms with Gasteiger partial charge in [-0.3, -0.25) is 9.35 Å². The number of carbonyl (C=O) groups excluding carboxylic acids is 1. The molecule has 1 aliphatic rings.